The van der Waals surface area contributed by atoms with Gasteiger partial charge in [-0.1, -0.05) is 13.0 Å². The van der Waals surface area contributed by atoms with Crippen LogP contribution in [0.2, 0.25) is 0 Å². The highest BCUT2D eigenvalue weighted by Crippen LogP contribution is 2.24. The van der Waals surface area contributed by atoms with Crippen LogP contribution in [-0.4, -0.2) is 11.5 Å². The Balaban J connectivity index is 2.24. The zero-order chi connectivity index (χ0) is 13.7. The van der Waals surface area contributed by atoms with Gasteiger partial charge in [0.2, 0.25) is 0 Å². The van der Waals surface area contributed by atoms with E-state index in [9.17, 15) is 4.39 Å². The molecule has 0 bridgehead atoms. The first-order valence-corrected chi connectivity index (χ1v) is 6.62. The molecule has 0 fully saturated rings. The summed E-state index contributed by atoms with van der Waals surface area (Å²) in [6, 6.07) is 6.92. The molecule has 0 aliphatic heterocycles. The molecular weight excluding hydrogens is 239 g/mol. The number of pyridine rings is 1. The molecule has 100 valence electrons. The second-order valence-corrected chi connectivity index (χ2v) is 4.72. The first-order chi connectivity index (χ1) is 9.20. The fourth-order valence-electron chi connectivity index (χ4n) is 2.05. The third kappa shape index (κ3) is 3.61. The minimum Gasteiger partial charge on any atom is -0.313 e. The molecule has 1 N–H and O–H groups in total. The van der Waals surface area contributed by atoms with Crippen molar-refractivity contribution in [2.45, 2.75) is 26.8 Å². The molecule has 0 unspecified atom stereocenters. The van der Waals surface area contributed by atoms with Crippen molar-refractivity contribution in [1.29, 1.82) is 0 Å². The minimum atomic E-state index is -0.213. The van der Waals surface area contributed by atoms with Gasteiger partial charge in [0.1, 0.15) is 5.82 Å². The number of halogens is 1. The summed E-state index contributed by atoms with van der Waals surface area (Å²) in [6.45, 7) is 5.90. The molecule has 0 saturated carbocycles. The van der Waals surface area contributed by atoms with Crippen LogP contribution >= 0.6 is 0 Å². The molecule has 1 heterocycles. The molecule has 2 nitrogen and oxygen atoms in total. The quantitative estimate of drug-likeness (QED) is 0.827. The van der Waals surface area contributed by atoms with E-state index in [1.54, 1.807) is 18.3 Å². The Bertz CT molecular complexity index is 552. The van der Waals surface area contributed by atoms with Crippen LogP contribution in [0.5, 0.6) is 0 Å². The van der Waals surface area contributed by atoms with Crippen LogP contribution in [-0.2, 0) is 6.54 Å². The average Bonchev–Trinajstić information content (AvgIpc) is 2.42. The van der Waals surface area contributed by atoms with Gasteiger partial charge in [-0.25, -0.2) is 4.39 Å². The molecule has 1 aromatic heterocycles. The predicted molar refractivity (Wildman–Crippen MR) is 76.4 cm³/mol. The number of nitrogens with zero attached hydrogens (tertiary/aromatic N) is 1. The highest BCUT2D eigenvalue weighted by Gasteiger charge is 2.05. The van der Waals surface area contributed by atoms with Crippen LogP contribution in [0.1, 0.15) is 24.5 Å². The maximum Gasteiger partial charge on any atom is 0.123 e. The van der Waals surface area contributed by atoms with Gasteiger partial charge in [0.05, 0.1) is 0 Å². The van der Waals surface area contributed by atoms with Gasteiger partial charge >= 0.3 is 0 Å². The molecule has 0 aliphatic carbocycles. The summed E-state index contributed by atoms with van der Waals surface area (Å²) in [5.41, 5.74) is 4.05. The number of rotatable bonds is 5. The third-order valence-corrected chi connectivity index (χ3v) is 3.06. The molecular formula is C16H19FN2. The van der Waals surface area contributed by atoms with Gasteiger partial charge in [-0.3, -0.25) is 4.98 Å². The van der Waals surface area contributed by atoms with Crippen molar-refractivity contribution in [1.82, 2.24) is 10.3 Å². The van der Waals surface area contributed by atoms with E-state index in [0.29, 0.717) is 0 Å². The molecule has 0 radical (unpaired) electrons. The van der Waals surface area contributed by atoms with Gasteiger partial charge in [-0.05, 0) is 54.8 Å². The van der Waals surface area contributed by atoms with Crippen LogP contribution in [0.3, 0.4) is 0 Å². The topological polar surface area (TPSA) is 24.9 Å². The lowest BCUT2D eigenvalue weighted by Gasteiger charge is -2.08. The molecule has 2 aromatic rings. The first-order valence-electron chi connectivity index (χ1n) is 6.62. The lowest BCUT2D eigenvalue weighted by molar-refractivity contribution is 0.628. The monoisotopic (exact) mass is 258 g/mol. The van der Waals surface area contributed by atoms with Crippen molar-refractivity contribution in [2.75, 3.05) is 6.54 Å². The van der Waals surface area contributed by atoms with E-state index in [-0.39, 0.29) is 5.82 Å². The van der Waals surface area contributed by atoms with Crippen LogP contribution in [0.4, 0.5) is 4.39 Å². The fraction of sp³-hybridized carbons (Fsp3) is 0.312. The van der Waals surface area contributed by atoms with Crippen molar-refractivity contribution in [3.05, 3.63) is 53.6 Å². The molecule has 19 heavy (non-hydrogen) atoms. The molecule has 1 aromatic carbocycles. The highest BCUT2D eigenvalue weighted by molar-refractivity contribution is 5.66. The average molecular weight is 258 g/mol. The van der Waals surface area contributed by atoms with Crippen LogP contribution in [0.25, 0.3) is 11.1 Å². The smallest absolute Gasteiger partial charge is 0.123 e. The number of aromatic nitrogens is 1. The maximum atomic E-state index is 13.3. The third-order valence-electron chi connectivity index (χ3n) is 3.06. The van der Waals surface area contributed by atoms with Gasteiger partial charge in [-0.15, -0.1) is 0 Å². The molecule has 2 rings (SSSR count). The van der Waals surface area contributed by atoms with Gasteiger partial charge in [0, 0.05) is 24.5 Å². The van der Waals surface area contributed by atoms with E-state index in [2.05, 4.69) is 23.3 Å². The van der Waals surface area contributed by atoms with Crippen molar-refractivity contribution < 1.29 is 4.39 Å². The fourth-order valence-corrected chi connectivity index (χ4v) is 2.05. The SMILES string of the molecule is CCCNCc1cncc(-c2cc(F)ccc2C)c1. The number of aryl methyl sites for hydroxylation is 1. The Morgan fingerprint density at radius 2 is 2.05 bits per heavy atom. The summed E-state index contributed by atoms with van der Waals surface area (Å²) >= 11 is 0. The second kappa shape index (κ2) is 6.43. The maximum absolute atomic E-state index is 13.3. The molecule has 0 atom stereocenters. The lowest BCUT2D eigenvalue weighted by Crippen LogP contribution is -2.13. The molecule has 0 spiro atoms. The van der Waals surface area contributed by atoms with Gasteiger partial charge < -0.3 is 5.32 Å². The summed E-state index contributed by atoms with van der Waals surface area (Å²) in [5.74, 6) is -0.213. The van der Waals surface area contributed by atoms with E-state index in [0.717, 1.165) is 41.8 Å². The second-order valence-electron chi connectivity index (χ2n) is 4.72. The normalized spacial score (nSPS) is 10.7. The van der Waals surface area contributed by atoms with E-state index in [1.807, 2.05) is 13.1 Å². The van der Waals surface area contributed by atoms with Gasteiger partial charge in [0.15, 0.2) is 0 Å². The Morgan fingerprint density at radius 1 is 1.21 bits per heavy atom. The number of benzene rings is 1. The number of nitrogens with one attached hydrogen (secondary N) is 1. The van der Waals surface area contributed by atoms with Crippen molar-refractivity contribution in [2.24, 2.45) is 0 Å². The highest BCUT2D eigenvalue weighted by atomic mass is 19.1. The largest absolute Gasteiger partial charge is 0.313 e. The van der Waals surface area contributed by atoms with E-state index in [4.69, 9.17) is 0 Å². The van der Waals surface area contributed by atoms with Crippen molar-refractivity contribution in [3.8, 4) is 11.1 Å². The summed E-state index contributed by atoms with van der Waals surface area (Å²) < 4.78 is 13.3. The van der Waals surface area contributed by atoms with Crippen molar-refractivity contribution in [3.63, 3.8) is 0 Å². The Hall–Kier alpha value is -1.74. The number of hydrogen-bond acceptors (Lipinski definition) is 2. The summed E-state index contributed by atoms with van der Waals surface area (Å²) in [5, 5.41) is 3.34. The summed E-state index contributed by atoms with van der Waals surface area (Å²) in [4.78, 5) is 4.25. The summed E-state index contributed by atoms with van der Waals surface area (Å²) in [6.07, 6.45) is 4.74. The summed E-state index contributed by atoms with van der Waals surface area (Å²) in [7, 11) is 0. The molecule has 0 saturated heterocycles. The predicted octanol–water partition coefficient (Wildman–Crippen LogP) is 3.70. The van der Waals surface area contributed by atoms with E-state index in [1.165, 1.54) is 6.07 Å². The van der Waals surface area contributed by atoms with Crippen molar-refractivity contribution >= 4 is 0 Å². The lowest BCUT2D eigenvalue weighted by atomic mass is 10.0. The molecule has 0 aliphatic rings. The Morgan fingerprint density at radius 3 is 2.84 bits per heavy atom. The standard InChI is InChI=1S/C16H19FN2/c1-3-6-18-9-13-7-14(11-19-10-13)16-8-15(17)5-4-12(16)2/h4-5,7-8,10-11,18H,3,6,9H2,1-2H3. The van der Waals surface area contributed by atoms with E-state index < -0.39 is 0 Å². The van der Waals surface area contributed by atoms with Crippen LogP contribution < -0.4 is 5.32 Å². The first kappa shape index (κ1) is 13.7. The van der Waals surface area contributed by atoms with Crippen LogP contribution in [0, 0.1) is 12.7 Å². The molecule has 3 heteroatoms. The zero-order valence-corrected chi connectivity index (χ0v) is 11.4. The zero-order valence-electron chi connectivity index (χ0n) is 11.4. The van der Waals surface area contributed by atoms with Crippen LogP contribution in [0.15, 0.2) is 36.7 Å². The Kier molecular flexibility index (Phi) is 4.63. The Labute approximate surface area is 113 Å². The van der Waals surface area contributed by atoms with Gasteiger partial charge in [0.25, 0.3) is 0 Å². The van der Waals surface area contributed by atoms with E-state index >= 15 is 0 Å². The molecule has 0 amide bonds. The van der Waals surface area contributed by atoms with Gasteiger partial charge in [-0.2, -0.15) is 0 Å². The number of hydrogen-bond donors (Lipinski definition) is 1. The minimum absolute atomic E-state index is 0.213.